The lowest BCUT2D eigenvalue weighted by Crippen LogP contribution is -2.38. The first kappa shape index (κ1) is 12.0. The van der Waals surface area contributed by atoms with Crippen molar-refractivity contribution in [1.82, 2.24) is 15.1 Å². The number of hydrogen-bond acceptors (Lipinski definition) is 6. The van der Waals surface area contributed by atoms with Crippen LogP contribution in [0.25, 0.3) is 0 Å². The standard InChI is InChI=1S/C10H16N4O3/c1-7-12-13-10(17-7)11-9(16)5-14-4-2-3-8(14)6-15/h8,15H,2-6H2,1H3,(H,11,13,16). The quantitative estimate of drug-likeness (QED) is 0.755. The van der Waals surface area contributed by atoms with Crippen molar-refractivity contribution >= 4 is 11.9 Å². The van der Waals surface area contributed by atoms with Crippen molar-refractivity contribution in [3.63, 3.8) is 0 Å². The molecule has 2 heterocycles. The molecule has 0 saturated carbocycles. The molecular formula is C10H16N4O3. The van der Waals surface area contributed by atoms with Crippen LogP contribution in [0.1, 0.15) is 18.7 Å². The Morgan fingerprint density at radius 3 is 3.12 bits per heavy atom. The van der Waals surface area contributed by atoms with Gasteiger partial charge in [-0.1, -0.05) is 5.10 Å². The van der Waals surface area contributed by atoms with Gasteiger partial charge < -0.3 is 9.52 Å². The zero-order chi connectivity index (χ0) is 12.3. The van der Waals surface area contributed by atoms with Gasteiger partial charge in [-0.25, -0.2) is 0 Å². The zero-order valence-electron chi connectivity index (χ0n) is 9.72. The molecule has 0 aliphatic carbocycles. The number of aliphatic hydroxyl groups excluding tert-OH is 1. The molecule has 1 aliphatic rings. The molecule has 2 N–H and O–H groups in total. The van der Waals surface area contributed by atoms with Gasteiger partial charge in [0, 0.05) is 13.0 Å². The molecule has 1 amide bonds. The Morgan fingerprint density at radius 2 is 2.47 bits per heavy atom. The molecule has 0 aromatic carbocycles. The number of rotatable bonds is 4. The zero-order valence-corrected chi connectivity index (χ0v) is 9.72. The summed E-state index contributed by atoms with van der Waals surface area (Å²) in [4.78, 5) is 13.6. The molecule has 2 rings (SSSR count). The maximum Gasteiger partial charge on any atom is 0.322 e. The Bertz CT molecular complexity index is 393. The average Bonchev–Trinajstić information content (AvgIpc) is 2.87. The van der Waals surface area contributed by atoms with E-state index in [4.69, 9.17) is 9.52 Å². The van der Waals surface area contributed by atoms with Crippen LogP contribution in [-0.4, -0.2) is 51.8 Å². The molecule has 17 heavy (non-hydrogen) atoms. The lowest BCUT2D eigenvalue weighted by Gasteiger charge is -2.21. The number of carbonyl (C=O) groups excluding carboxylic acids is 1. The summed E-state index contributed by atoms with van der Waals surface area (Å²) in [6.07, 6.45) is 1.95. The fraction of sp³-hybridized carbons (Fsp3) is 0.700. The lowest BCUT2D eigenvalue weighted by atomic mass is 10.2. The third kappa shape index (κ3) is 3.01. The predicted molar refractivity (Wildman–Crippen MR) is 59.3 cm³/mol. The first-order valence-corrected chi connectivity index (χ1v) is 5.64. The van der Waals surface area contributed by atoms with Crippen molar-refractivity contribution < 1.29 is 14.3 Å². The molecule has 94 valence electrons. The normalized spacial score (nSPS) is 20.7. The molecule has 1 unspecified atom stereocenters. The summed E-state index contributed by atoms with van der Waals surface area (Å²) >= 11 is 0. The minimum Gasteiger partial charge on any atom is -0.408 e. The van der Waals surface area contributed by atoms with Crippen LogP contribution in [0.4, 0.5) is 6.01 Å². The molecular weight excluding hydrogens is 224 g/mol. The van der Waals surface area contributed by atoms with Crippen LogP contribution >= 0.6 is 0 Å². The van der Waals surface area contributed by atoms with Gasteiger partial charge >= 0.3 is 6.01 Å². The minimum atomic E-state index is -0.200. The van der Waals surface area contributed by atoms with E-state index in [2.05, 4.69) is 15.5 Å². The Labute approximate surface area is 98.8 Å². The third-order valence-corrected chi connectivity index (χ3v) is 2.83. The maximum absolute atomic E-state index is 11.7. The second-order valence-corrected chi connectivity index (χ2v) is 4.12. The molecule has 1 aromatic rings. The van der Waals surface area contributed by atoms with E-state index >= 15 is 0 Å². The summed E-state index contributed by atoms with van der Waals surface area (Å²) in [5.74, 6) is 0.212. The number of aromatic nitrogens is 2. The third-order valence-electron chi connectivity index (χ3n) is 2.83. The first-order valence-electron chi connectivity index (χ1n) is 5.64. The van der Waals surface area contributed by atoms with Gasteiger partial charge in [0.15, 0.2) is 0 Å². The van der Waals surface area contributed by atoms with E-state index in [9.17, 15) is 4.79 Å². The lowest BCUT2D eigenvalue weighted by molar-refractivity contribution is -0.117. The van der Waals surface area contributed by atoms with Crippen molar-refractivity contribution in [2.24, 2.45) is 0 Å². The number of amides is 1. The van der Waals surface area contributed by atoms with Gasteiger partial charge in [-0.3, -0.25) is 15.0 Å². The monoisotopic (exact) mass is 240 g/mol. The highest BCUT2D eigenvalue weighted by Crippen LogP contribution is 2.16. The topological polar surface area (TPSA) is 91.5 Å². The summed E-state index contributed by atoms with van der Waals surface area (Å²) in [7, 11) is 0. The largest absolute Gasteiger partial charge is 0.408 e. The van der Waals surface area contributed by atoms with Gasteiger partial charge in [-0.05, 0) is 19.4 Å². The van der Waals surface area contributed by atoms with Gasteiger partial charge in [0.05, 0.1) is 13.2 Å². The molecule has 0 radical (unpaired) electrons. The highest BCUT2D eigenvalue weighted by Gasteiger charge is 2.25. The minimum absolute atomic E-state index is 0.0881. The molecule has 1 aromatic heterocycles. The number of hydrogen-bond donors (Lipinski definition) is 2. The highest BCUT2D eigenvalue weighted by atomic mass is 16.4. The molecule has 1 aliphatic heterocycles. The molecule has 7 nitrogen and oxygen atoms in total. The number of likely N-dealkylation sites (tertiary alicyclic amines) is 1. The van der Waals surface area contributed by atoms with Gasteiger partial charge in [0.2, 0.25) is 11.8 Å². The molecule has 1 fully saturated rings. The van der Waals surface area contributed by atoms with E-state index in [0.29, 0.717) is 5.89 Å². The van der Waals surface area contributed by atoms with Crippen molar-refractivity contribution in [3.05, 3.63) is 5.89 Å². The Morgan fingerprint density at radius 1 is 1.65 bits per heavy atom. The highest BCUT2D eigenvalue weighted by molar-refractivity contribution is 5.90. The summed E-state index contributed by atoms with van der Waals surface area (Å²) in [5.41, 5.74) is 0. The van der Waals surface area contributed by atoms with Crippen molar-refractivity contribution in [3.8, 4) is 0 Å². The fourth-order valence-corrected chi connectivity index (χ4v) is 2.00. The summed E-state index contributed by atoms with van der Waals surface area (Å²) in [5, 5.41) is 19.0. The van der Waals surface area contributed by atoms with Crippen LogP contribution in [-0.2, 0) is 4.79 Å². The SMILES string of the molecule is Cc1nnc(NC(=O)CN2CCCC2CO)o1. The Hall–Kier alpha value is -1.47. The number of anilines is 1. The van der Waals surface area contributed by atoms with Gasteiger partial charge in [-0.2, -0.15) is 0 Å². The second kappa shape index (κ2) is 5.24. The number of nitrogens with zero attached hydrogens (tertiary/aromatic N) is 3. The van der Waals surface area contributed by atoms with E-state index in [1.807, 2.05) is 4.90 Å². The molecule has 7 heteroatoms. The second-order valence-electron chi connectivity index (χ2n) is 4.12. The van der Waals surface area contributed by atoms with Gasteiger partial charge in [0.25, 0.3) is 0 Å². The summed E-state index contributed by atoms with van der Waals surface area (Å²) in [6.45, 7) is 2.83. The molecule has 1 saturated heterocycles. The predicted octanol–water partition coefficient (Wildman–Crippen LogP) is -0.227. The maximum atomic E-state index is 11.7. The first-order chi connectivity index (χ1) is 8.19. The Balaban J connectivity index is 1.85. The van der Waals surface area contributed by atoms with Gasteiger partial charge in [0.1, 0.15) is 0 Å². The van der Waals surface area contributed by atoms with Crippen LogP contribution in [0.15, 0.2) is 4.42 Å². The number of carbonyl (C=O) groups is 1. The van der Waals surface area contributed by atoms with Gasteiger partial charge in [-0.15, -0.1) is 5.10 Å². The van der Waals surface area contributed by atoms with Crippen LogP contribution < -0.4 is 5.32 Å². The van der Waals surface area contributed by atoms with Crippen molar-refractivity contribution in [2.75, 3.05) is 25.0 Å². The van der Waals surface area contributed by atoms with Crippen LogP contribution in [0.2, 0.25) is 0 Å². The fourth-order valence-electron chi connectivity index (χ4n) is 2.00. The average molecular weight is 240 g/mol. The van der Waals surface area contributed by atoms with E-state index in [-0.39, 0.29) is 31.1 Å². The number of aliphatic hydroxyl groups is 1. The smallest absolute Gasteiger partial charge is 0.322 e. The van der Waals surface area contributed by atoms with Crippen LogP contribution in [0.5, 0.6) is 0 Å². The van der Waals surface area contributed by atoms with E-state index in [0.717, 1.165) is 19.4 Å². The van der Waals surface area contributed by atoms with Crippen molar-refractivity contribution in [1.29, 1.82) is 0 Å². The van der Waals surface area contributed by atoms with Crippen LogP contribution in [0.3, 0.4) is 0 Å². The van der Waals surface area contributed by atoms with E-state index in [1.54, 1.807) is 6.92 Å². The van der Waals surface area contributed by atoms with E-state index < -0.39 is 0 Å². The molecule has 0 spiro atoms. The molecule has 1 atom stereocenters. The van der Waals surface area contributed by atoms with E-state index in [1.165, 1.54) is 0 Å². The summed E-state index contributed by atoms with van der Waals surface area (Å²) < 4.78 is 5.05. The number of aryl methyl sites for hydroxylation is 1. The Kier molecular flexibility index (Phi) is 3.70. The van der Waals surface area contributed by atoms with Crippen molar-refractivity contribution in [2.45, 2.75) is 25.8 Å². The van der Waals surface area contributed by atoms with Crippen LogP contribution in [0, 0.1) is 6.92 Å². The number of nitrogens with one attached hydrogen (secondary N) is 1. The summed E-state index contributed by atoms with van der Waals surface area (Å²) in [6, 6.07) is 0.206. The molecule has 0 bridgehead atoms.